The summed E-state index contributed by atoms with van der Waals surface area (Å²) >= 11 is 0. The van der Waals surface area contributed by atoms with Crippen molar-refractivity contribution in [2.24, 2.45) is 0 Å². The van der Waals surface area contributed by atoms with Crippen LogP contribution in [0.1, 0.15) is 65.2 Å². The van der Waals surface area contributed by atoms with E-state index in [1.807, 2.05) is 12.2 Å². The van der Waals surface area contributed by atoms with E-state index in [1.165, 1.54) is 6.92 Å². The molecular weight excluding hydrogens is 684 g/mol. The number of aliphatic hydroxyl groups is 7. The SMILES string of the molecule is CC/C=C\C/C=C\C/C=C\C/C=C\C/C=C\CCCC(=O)OC(COC(C)=O)COC1OC(COC2OC(CO)C(O)C(O)C2O)C(O)C(O)C1O. The van der Waals surface area contributed by atoms with E-state index in [1.54, 1.807) is 0 Å². The molecule has 2 heterocycles. The van der Waals surface area contributed by atoms with Crippen LogP contribution in [-0.4, -0.2) is 142 Å². The number of hydrogen-bond donors (Lipinski definition) is 7. The van der Waals surface area contributed by atoms with Crippen molar-refractivity contribution in [2.75, 3.05) is 26.4 Å². The first kappa shape index (κ1) is 45.4. The number of ether oxygens (including phenoxy) is 6. The van der Waals surface area contributed by atoms with Crippen LogP contribution in [0.4, 0.5) is 0 Å². The quantitative estimate of drug-likeness (QED) is 0.0440. The monoisotopic (exact) mass is 742 g/mol. The molecule has 2 saturated heterocycles. The number of esters is 2. The van der Waals surface area contributed by atoms with Gasteiger partial charge in [-0.05, 0) is 44.9 Å². The second kappa shape index (κ2) is 26.1. The van der Waals surface area contributed by atoms with Crippen molar-refractivity contribution in [1.29, 1.82) is 0 Å². The summed E-state index contributed by atoms with van der Waals surface area (Å²) in [5.74, 6) is -1.20. The summed E-state index contributed by atoms with van der Waals surface area (Å²) in [6.45, 7) is 1.29. The third-order valence-corrected chi connectivity index (χ3v) is 8.07. The Morgan fingerprint density at radius 1 is 0.654 bits per heavy atom. The van der Waals surface area contributed by atoms with Crippen molar-refractivity contribution in [3.05, 3.63) is 60.8 Å². The molecule has 11 unspecified atom stereocenters. The molecule has 0 aromatic rings. The molecule has 52 heavy (non-hydrogen) atoms. The molecule has 15 nitrogen and oxygen atoms in total. The van der Waals surface area contributed by atoms with E-state index in [0.29, 0.717) is 12.8 Å². The number of carbonyl (C=O) groups is 2. The van der Waals surface area contributed by atoms with Gasteiger partial charge in [0, 0.05) is 13.3 Å². The van der Waals surface area contributed by atoms with E-state index in [9.17, 15) is 45.3 Å². The van der Waals surface area contributed by atoms with Crippen molar-refractivity contribution in [3.8, 4) is 0 Å². The second-order valence-electron chi connectivity index (χ2n) is 12.4. The fourth-order valence-corrected chi connectivity index (χ4v) is 5.09. The minimum atomic E-state index is -1.77. The minimum absolute atomic E-state index is 0.0791. The molecule has 2 aliphatic rings. The van der Waals surface area contributed by atoms with E-state index in [4.69, 9.17) is 28.4 Å². The van der Waals surface area contributed by atoms with Gasteiger partial charge in [-0.2, -0.15) is 0 Å². The third kappa shape index (κ3) is 16.9. The lowest BCUT2D eigenvalue weighted by Gasteiger charge is -2.42. The molecule has 0 spiro atoms. The Hall–Kier alpha value is -2.80. The van der Waals surface area contributed by atoms with Crippen LogP contribution in [0.15, 0.2) is 60.8 Å². The average Bonchev–Trinajstić information content (AvgIpc) is 3.12. The van der Waals surface area contributed by atoms with Gasteiger partial charge in [0.2, 0.25) is 0 Å². The summed E-state index contributed by atoms with van der Waals surface area (Å²) in [7, 11) is 0. The second-order valence-corrected chi connectivity index (χ2v) is 12.4. The van der Waals surface area contributed by atoms with Crippen LogP contribution in [0.25, 0.3) is 0 Å². The first-order valence-corrected chi connectivity index (χ1v) is 17.8. The normalized spacial score (nSPS) is 30.6. The lowest BCUT2D eigenvalue weighted by Crippen LogP contribution is -2.61. The maximum atomic E-state index is 12.6. The molecule has 11 atom stereocenters. The molecule has 2 fully saturated rings. The predicted molar refractivity (Wildman–Crippen MR) is 187 cm³/mol. The Balaban J connectivity index is 1.77. The maximum Gasteiger partial charge on any atom is 0.306 e. The Morgan fingerprint density at radius 3 is 1.69 bits per heavy atom. The van der Waals surface area contributed by atoms with Crippen LogP contribution >= 0.6 is 0 Å². The van der Waals surface area contributed by atoms with Gasteiger partial charge < -0.3 is 64.2 Å². The Bertz CT molecular complexity index is 1150. The summed E-state index contributed by atoms with van der Waals surface area (Å²) in [6.07, 6.45) is 9.82. The van der Waals surface area contributed by atoms with Gasteiger partial charge >= 0.3 is 11.9 Å². The maximum absolute atomic E-state index is 12.6. The number of aliphatic hydroxyl groups excluding tert-OH is 7. The van der Waals surface area contributed by atoms with Gasteiger partial charge in [0.25, 0.3) is 0 Å². The first-order valence-electron chi connectivity index (χ1n) is 17.8. The molecule has 2 aliphatic heterocycles. The summed E-state index contributed by atoms with van der Waals surface area (Å²) in [6, 6.07) is 0. The third-order valence-electron chi connectivity index (χ3n) is 8.07. The topological polar surface area (TPSA) is 231 Å². The average molecular weight is 743 g/mol. The van der Waals surface area contributed by atoms with Crippen molar-refractivity contribution >= 4 is 11.9 Å². The van der Waals surface area contributed by atoms with Gasteiger partial charge in [-0.1, -0.05) is 67.7 Å². The van der Waals surface area contributed by atoms with Gasteiger partial charge in [-0.25, -0.2) is 0 Å². The molecule has 0 saturated carbocycles. The largest absolute Gasteiger partial charge is 0.462 e. The van der Waals surface area contributed by atoms with Crippen LogP contribution in [0, 0.1) is 0 Å². The fraction of sp³-hybridized carbons (Fsp3) is 0.676. The molecule has 0 bridgehead atoms. The molecule has 0 aromatic carbocycles. The van der Waals surface area contributed by atoms with Crippen LogP contribution in [0.2, 0.25) is 0 Å². The minimum Gasteiger partial charge on any atom is -0.462 e. The highest BCUT2D eigenvalue weighted by Crippen LogP contribution is 2.26. The highest BCUT2D eigenvalue weighted by atomic mass is 16.7. The number of rotatable bonds is 23. The number of hydrogen-bond acceptors (Lipinski definition) is 15. The molecule has 0 amide bonds. The predicted octanol–water partition coefficient (Wildman–Crippen LogP) is 1.02. The van der Waals surface area contributed by atoms with Crippen LogP contribution in [0.5, 0.6) is 0 Å². The van der Waals surface area contributed by atoms with Crippen molar-refractivity contribution in [2.45, 2.75) is 133 Å². The molecule has 0 radical (unpaired) electrons. The Morgan fingerprint density at radius 2 is 1.15 bits per heavy atom. The van der Waals surface area contributed by atoms with Gasteiger partial charge in [0.1, 0.15) is 55.4 Å². The molecule has 2 rings (SSSR count). The van der Waals surface area contributed by atoms with E-state index in [2.05, 4.69) is 55.5 Å². The summed E-state index contributed by atoms with van der Waals surface area (Å²) in [5, 5.41) is 70.8. The van der Waals surface area contributed by atoms with E-state index >= 15 is 0 Å². The lowest BCUT2D eigenvalue weighted by molar-refractivity contribution is -0.332. The van der Waals surface area contributed by atoms with E-state index in [0.717, 1.165) is 32.1 Å². The molecule has 15 heteroatoms. The number of carbonyl (C=O) groups excluding carboxylic acids is 2. The molecular formula is C37H58O15. The molecule has 0 aromatic heterocycles. The smallest absolute Gasteiger partial charge is 0.306 e. The Kier molecular flexibility index (Phi) is 22.7. The Labute approximate surface area is 305 Å². The van der Waals surface area contributed by atoms with Crippen molar-refractivity contribution in [1.82, 2.24) is 0 Å². The fourth-order valence-electron chi connectivity index (χ4n) is 5.09. The van der Waals surface area contributed by atoms with Crippen LogP contribution in [0.3, 0.4) is 0 Å². The zero-order valence-corrected chi connectivity index (χ0v) is 30.0. The summed E-state index contributed by atoms with van der Waals surface area (Å²) in [4.78, 5) is 24.0. The standard InChI is InChI=1S/C37H58O15/c1-3-4-5-6-7-8-9-10-11-12-13-14-15-16-17-18-19-20-29(40)50-26(22-47-25(2)39)23-48-36-35(46)33(44)31(42)28(52-36)24-49-37-34(45)32(43)30(41)27(21-38)51-37/h4-5,7-8,10-11,13-14,16-17,26-28,30-38,41-46H,3,6,9,12,15,18-24H2,1-2H3/b5-4-,8-7-,11-10-,14-13-,17-16-. The summed E-state index contributed by atoms with van der Waals surface area (Å²) < 4.78 is 32.3. The van der Waals surface area contributed by atoms with Crippen molar-refractivity contribution < 1.29 is 73.8 Å². The highest BCUT2D eigenvalue weighted by molar-refractivity contribution is 5.69. The molecule has 0 aliphatic carbocycles. The zero-order valence-electron chi connectivity index (χ0n) is 30.0. The van der Waals surface area contributed by atoms with Crippen LogP contribution < -0.4 is 0 Å². The zero-order chi connectivity index (χ0) is 38.3. The highest BCUT2D eigenvalue weighted by Gasteiger charge is 2.47. The first-order chi connectivity index (χ1) is 25.0. The van der Waals surface area contributed by atoms with E-state index < -0.39 is 99.3 Å². The van der Waals surface area contributed by atoms with Crippen LogP contribution in [-0.2, 0) is 38.0 Å². The van der Waals surface area contributed by atoms with E-state index in [-0.39, 0.29) is 13.0 Å². The lowest BCUT2D eigenvalue weighted by atomic mass is 9.98. The van der Waals surface area contributed by atoms with Gasteiger partial charge in [-0.3, -0.25) is 9.59 Å². The number of allylic oxidation sites excluding steroid dienone is 10. The van der Waals surface area contributed by atoms with Gasteiger partial charge in [0.15, 0.2) is 18.7 Å². The summed E-state index contributed by atoms with van der Waals surface area (Å²) in [5.41, 5.74) is 0. The molecule has 296 valence electrons. The molecule has 7 N–H and O–H groups in total. The van der Waals surface area contributed by atoms with Gasteiger partial charge in [0.05, 0.1) is 19.8 Å². The van der Waals surface area contributed by atoms with Gasteiger partial charge in [-0.15, -0.1) is 0 Å². The number of unbranched alkanes of at least 4 members (excludes halogenated alkanes) is 1. The van der Waals surface area contributed by atoms with Crippen molar-refractivity contribution in [3.63, 3.8) is 0 Å².